The van der Waals surface area contributed by atoms with E-state index >= 15 is 0 Å². The smallest absolute Gasteiger partial charge is 0.169 e. The van der Waals surface area contributed by atoms with Crippen molar-refractivity contribution in [3.63, 3.8) is 0 Å². The van der Waals surface area contributed by atoms with E-state index in [1.54, 1.807) is 0 Å². The van der Waals surface area contributed by atoms with Crippen LogP contribution in [-0.2, 0) is 16.1 Å². The molecule has 3 fully saturated rings. The number of allylic oxidation sites excluding steroid dienone is 1. The summed E-state index contributed by atoms with van der Waals surface area (Å²) in [7, 11) is 0. The lowest BCUT2D eigenvalue weighted by molar-refractivity contribution is -0.231. The van der Waals surface area contributed by atoms with Crippen LogP contribution in [0.15, 0.2) is 42.0 Å². The molecular formula is C34H50O3. The molecule has 0 bridgehead atoms. The van der Waals surface area contributed by atoms with Gasteiger partial charge in [-0.15, -0.1) is 0 Å². The van der Waals surface area contributed by atoms with Crippen LogP contribution in [0.3, 0.4) is 0 Å². The fraction of sp³-hybridized carbons (Fsp3) is 0.735. The first-order chi connectivity index (χ1) is 17.6. The van der Waals surface area contributed by atoms with Gasteiger partial charge in [-0.25, -0.2) is 0 Å². The molecular weight excluding hydrogens is 456 g/mol. The van der Waals surface area contributed by atoms with E-state index in [0.717, 1.165) is 41.7 Å². The average Bonchev–Trinajstić information content (AvgIpc) is 3.22. The van der Waals surface area contributed by atoms with E-state index in [1.807, 2.05) is 36.4 Å². The van der Waals surface area contributed by atoms with Crippen LogP contribution in [0.4, 0.5) is 0 Å². The van der Waals surface area contributed by atoms with Crippen LogP contribution in [0.2, 0.25) is 0 Å². The number of hydrogen-bond donors (Lipinski definition) is 1. The third-order valence-electron chi connectivity index (χ3n) is 11.5. The van der Waals surface area contributed by atoms with Crippen LogP contribution >= 0.6 is 0 Å². The maximum absolute atomic E-state index is 13.8. The van der Waals surface area contributed by atoms with E-state index in [2.05, 4.69) is 34.6 Å². The van der Waals surface area contributed by atoms with Crippen LogP contribution in [-0.4, -0.2) is 16.7 Å². The number of ether oxygens (including phenoxy) is 1. The van der Waals surface area contributed by atoms with Crippen molar-refractivity contribution in [2.24, 2.45) is 46.3 Å². The molecule has 204 valence electrons. The number of carbonyl (C=O) groups is 1. The molecule has 1 aromatic rings. The third kappa shape index (κ3) is 5.00. The number of aliphatic hydroxyl groups is 1. The maximum Gasteiger partial charge on any atom is 0.169 e. The first kappa shape index (κ1) is 27.1. The minimum atomic E-state index is -1.18. The topological polar surface area (TPSA) is 46.5 Å². The summed E-state index contributed by atoms with van der Waals surface area (Å²) in [6.07, 6.45) is 12.9. The first-order valence-electron chi connectivity index (χ1n) is 15.2. The van der Waals surface area contributed by atoms with Crippen molar-refractivity contribution in [2.45, 2.75) is 111 Å². The number of benzene rings is 1. The molecule has 0 saturated heterocycles. The van der Waals surface area contributed by atoms with E-state index in [4.69, 9.17) is 4.74 Å². The standard InChI is InChI=1S/C34H50O3/c1-23(2)10-9-11-24(3)27-14-15-28-31-29(16-17-33(27,28)5)32(4)18-19-34(36,21-26(32)20-30(31)35)37-22-25-12-7-6-8-13-25/h6-8,12-13,20,23-24,27-29,31,36H,9-11,14-19,21-22H2,1-5H3/t24-,27-,28+,29+,31+,32+,33-,34-/m1/s1. The highest BCUT2D eigenvalue weighted by atomic mass is 16.6. The molecule has 3 saturated carbocycles. The van der Waals surface area contributed by atoms with E-state index in [1.165, 1.54) is 38.5 Å². The summed E-state index contributed by atoms with van der Waals surface area (Å²) in [6, 6.07) is 10.1. The summed E-state index contributed by atoms with van der Waals surface area (Å²) in [5.74, 6) is 2.53. The van der Waals surface area contributed by atoms with E-state index in [-0.39, 0.29) is 11.3 Å². The fourth-order valence-electron chi connectivity index (χ4n) is 9.30. The Labute approximate surface area is 225 Å². The van der Waals surface area contributed by atoms with Gasteiger partial charge in [0.1, 0.15) is 0 Å². The zero-order valence-corrected chi connectivity index (χ0v) is 24.0. The molecule has 5 rings (SSSR count). The number of rotatable bonds is 8. The third-order valence-corrected chi connectivity index (χ3v) is 11.5. The van der Waals surface area contributed by atoms with Crippen molar-refractivity contribution in [3.8, 4) is 0 Å². The Morgan fingerprint density at radius 3 is 2.46 bits per heavy atom. The van der Waals surface area contributed by atoms with Gasteiger partial charge in [-0.1, -0.05) is 89.8 Å². The van der Waals surface area contributed by atoms with Gasteiger partial charge in [-0.3, -0.25) is 4.79 Å². The number of hydrogen-bond acceptors (Lipinski definition) is 3. The number of fused-ring (bicyclic) bond motifs is 5. The molecule has 0 spiro atoms. The molecule has 0 unspecified atom stereocenters. The summed E-state index contributed by atoms with van der Waals surface area (Å²) in [6.45, 7) is 12.5. The maximum atomic E-state index is 13.8. The highest BCUT2D eigenvalue weighted by Crippen LogP contribution is 2.67. The lowest BCUT2D eigenvalue weighted by Crippen LogP contribution is -2.55. The average molecular weight is 507 g/mol. The van der Waals surface area contributed by atoms with Gasteiger partial charge in [-0.2, -0.15) is 0 Å². The van der Waals surface area contributed by atoms with Crippen molar-refractivity contribution >= 4 is 5.78 Å². The van der Waals surface area contributed by atoms with Crippen LogP contribution in [0.1, 0.15) is 104 Å². The van der Waals surface area contributed by atoms with Gasteiger partial charge < -0.3 is 9.84 Å². The minimum Gasteiger partial charge on any atom is -0.365 e. The predicted octanol–water partition coefficient (Wildman–Crippen LogP) is 8.11. The Bertz CT molecular complexity index is 998. The van der Waals surface area contributed by atoms with Gasteiger partial charge in [0.2, 0.25) is 0 Å². The Morgan fingerprint density at radius 1 is 0.973 bits per heavy atom. The molecule has 37 heavy (non-hydrogen) atoms. The van der Waals surface area contributed by atoms with Crippen molar-refractivity contribution in [3.05, 3.63) is 47.5 Å². The molecule has 1 aromatic carbocycles. The molecule has 4 aliphatic carbocycles. The van der Waals surface area contributed by atoms with Crippen LogP contribution in [0, 0.1) is 46.3 Å². The molecule has 0 aliphatic heterocycles. The van der Waals surface area contributed by atoms with Crippen molar-refractivity contribution in [1.82, 2.24) is 0 Å². The lowest BCUT2D eigenvalue weighted by Gasteiger charge is -2.58. The highest BCUT2D eigenvalue weighted by molar-refractivity contribution is 5.94. The monoisotopic (exact) mass is 506 g/mol. The SMILES string of the molecule is CC(C)CCC[C@@H](C)[C@H]1CC[C@H]2[C@@H]3C(=O)C=C4C[C@](O)(OCc5ccccc5)CC[C@]4(C)[C@H]3CC[C@]12C. The largest absolute Gasteiger partial charge is 0.365 e. The van der Waals surface area contributed by atoms with Crippen molar-refractivity contribution in [2.75, 3.05) is 0 Å². The molecule has 0 aromatic heterocycles. The number of ketones is 1. The summed E-state index contributed by atoms with van der Waals surface area (Å²) in [5.41, 5.74) is 2.51. The summed E-state index contributed by atoms with van der Waals surface area (Å²) >= 11 is 0. The molecule has 1 N–H and O–H groups in total. The quantitative estimate of drug-likeness (QED) is 0.362. The second kappa shape index (κ2) is 10.3. The van der Waals surface area contributed by atoms with Crippen LogP contribution in [0.25, 0.3) is 0 Å². The normalized spacial score (nSPS) is 40.1. The molecule has 3 heteroatoms. The molecule has 4 aliphatic rings. The van der Waals surface area contributed by atoms with E-state index in [9.17, 15) is 9.90 Å². The second-order valence-corrected chi connectivity index (χ2v) is 14.2. The Kier molecular flexibility index (Phi) is 7.53. The van der Waals surface area contributed by atoms with Crippen molar-refractivity contribution in [1.29, 1.82) is 0 Å². The molecule has 3 nitrogen and oxygen atoms in total. The number of carbonyl (C=O) groups excluding carboxylic acids is 1. The molecule has 0 amide bonds. The van der Waals surface area contributed by atoms with Gasteiger partial charge in [0, 0.05) is 18.8 Å². The van der Waals surface area contributed by atoms with Gasteiger partial charge in [0.05, 0.1) is 6.61 Å². The first-order valence-corrected chi connectivity index (χ1v) is 15.2. The highest BCUT2D eigenvalue weighted by Gasteiger charge is 2.62. The molecule has 8 atom stereocenters. The predicted molar refractivity (Wildman–Crippen MR) is 150 cm³/mol. The van der Waals surface area contributed by atoms with Crippen LogP contribution in [0.5, 0.6) is 0 Å². The fourth-order valence-corrected chi connectivity index (χ4v) is 9.30. The van der Waals surface area contributed by atoms with Crippen molar-refractivity contribution < 1.29 is 14.6 Å². The molecule has 0 radical (unpaired) electrons. The Hall–Kier alpha value is -1.45. The summed E-state index contributed by atoms with van der Waals surface area (Å²) < 4.78 is 6.10. The van der Waals surface area contributed by atoms with Gasteiger partial charge in [-0.05, 0) is 84.2 Å². The second-order valence-electron chi connectivity index (χ2n) is 14.2. The van der Waals surface area contributed by atoms with Crippen LogP contribution < -0.4 is 0 Å². The molecule has 0 heterocycles. The summed E-state index contributed by atoms with van der Waals surface area (Å²) in [4.78, 5) is 13.8. The lowest BCUT2D eigenvalue weighted by atomic mass is 9.46. The Balaban J connectivity index is 1.31. The minimum absolute atomic E-state index is 0.00319. The van der Waals surface area contributed by atoms with Gasteiger partial charge in [0.25, 0.3) is 0 Å². The summed E-state index contributed by atoms with van der Waals surface area (Å²) in [5, 5.41) is 11.4. The van der Waals surface area contributed by atoms with Gasteiger partial charge in [0.15, 0.2) is 11.6 Å². The van der Waals surface area contributed by atoms with E-state index < -0.39 is 5.79 Å². The van der Waals surface area contributed by atoms with Gasteiger partial charge >= 0.3 is 0 Å². The zero-order valence-electron chi connectivity index (χ0n) is 24.0. The Morgan fingerprint density at radius 2 is 1.73 bits per heavy atom. The zero-order chi connectivity index (χ0) is 26.4. The van der Waals surface area contributed by atoms with E-state index in [0.29, 0.717) is 42.5 Å².